The Morgan fingerprint density at radius 2 is 1.89 bits per heavy atom. The van der Waals surface area contributed by atoms with Gasteiger partial charge in [-0.15, -0.1) is 13.2 Å². The zero-order chi connectivity index (χ0) is 13.9. The number of carbonyl (C=O) groups excluding carboxylic acids is 1. The standard InChI is InChI=1S/C15H17NO3/c1-3-7-15(8-4-2,14(16)17)11-5-6-12-13(9-11)19-10-18-12/h3-6,9H,1-2,7-8,10H2,(H2,16,17). The van der Waals surface area contributed by atoms with Gasteiger partial charge in [0.1, 0.15) is 0 Å². The Kier molecular flexibility index (Phi) is 3.60. The quantitative estimate of drug-likeness (QED) is 0.797. The van der Waals surface area contributed by atoms with E-state index in [1.54, 1.807) is 24.3 Å². The number of amides is 1. The second-order valence-corrected chi connectivity index (χ2v) is 4.50. The fraction of sp³-hybridized carbons (Fsp3) is 0.267. The highest BCUT2D eigenvalue weighted by Gasteiger charge is 2.37. The number of allylic oxidation sites excluding steroid dienone is 2. The normalized spacial score (nSPS) is 13.1. The van der Waals surface area contributed by atoms with E-state index in [9.17, 15) is 4.79 Å². The van der Waals surface area contributed by atoms with Gasteiger partial charge in [-0.2, -0.15) is 0 Å². The fourth-order valence-electron chi connectivity index (χ4n) is 2.35. The molecule has 2 N–H and O–H groups in total. The zero-order valence-corrected chi connectivity index (χ0v) is 10.7. The van der Waals surface area contributed by atoms with Gasteiger partial charge in [0.2, 0.25) is 12.7 Å². The van der Waals surface area contributed by atoms with Crippen molar-refractivity contribution in [2.75, 3.05) is 6.79 Å². The minimum atomic E-state index is -0.829. The van der Waals surface area contributed by atoms with Crippen LogP contribution in [0.1, 0.15) is 18.4 Å². The molecule has 1 aromatic carbocycles. The monoisotopic (exact) mass is 259 g/mol. The number of primary amides is 1. The molecule has 0 spiro atoms. The van der Waals surface area contributed by atoms with Crippen LogP contribution in [0.3, 0.4) is 0 Å². The molecule has 1 heterocycles. The van der Waals surface area contributed by atoms with Gasteiger partial charge in [-0.05, 0) is 30.5 Å². The molecule has 0 saturated carbocycles. The van der Waals surface area contributed by atoms with Crippen molar-refractivity contribution in [2.45, 2.75) is 18.3 Å². The Balaban J connectivity index is 2.50. The summed E-state index contributed by atoms with van der Waals surface area (Å²) in [5.41, 5.74) is 5.58. The first-order valence-electron chi connectivity index (χ1n) is 6.06. The molecule has 0 bridgehead atoms. The minimum Gasteiger partial charge on any atom is -0.454 e. The van der Waals surface area contributed by atoms with E-state index in [0.717, 1.165) is 5.56 Å². The van der Waals surface area contributed by atoms with Gasteiger partial charge in [-0.1, -0.05) is 18.2 Å². The van der Waals surface area contributed by atoms with Gasteiger partial charge in [0.25, 0.3) is 0 Å². The van der Waals surface area contributed by atoms with E-state index in [1.807, 2.05) is 6.07 Å². The fourth-order valence-corrected chi connectivity index (χ4v) is 2.35. The maximum absolute atomic E-state index is 12.0. The Labute approximate surface area is 112 Å². The van der Waals surface area contributed by atoms with Gasteiger partial charge in [-0.25, -0.2) is 0 Å². The average Bonchev–Trinajstić information content (AvgIpc) is 2.85. The average molecular weight is 259 g/mol. The summed E-state index contributed by atoms with van der Waals surface area (Å²) in [5.74, 6) is 0.918. The molecule has 100 valence electrons. The summed E-state index contributed by atoms with van der Waals surface area (Å²) in [6.07, 6.45) is 4.29. The second kappa shape index (κ2) is 5.18. The van der Waals surface area contributed by atoms with E-state index >= 15 is 0 Å². The third kappa shape index (κ3) is 2.21. The molecule has 2 rings (SSSR count). The minimum absolute atomic E-state index is 0.200. The molecule has 0 aromatic heterocycles. The van der Waals surface area contributed by atoms with Crippen LogP contribution in [0.5, 0.6) is 11.5 Å². The molecule has 0 fully saturated rings. The Morgan fingerprint density at radius 3 is 2.47 bits per heavy atom. The van der Waals surface area contributed by atoms with Crippen molar-refractivity contribution < 1.29 is 14.3 Å². The Hall–Kier alpha value is -2.23. The van der Waals surface area contributed by atoms with Crippen LogP contribution in [0.2, 0.25) is 0 Å². The SMILES string of the molecule is C=CCC(CC=C)(C(N)=O)c1ccc2c(c1)OCO2. The van der Waals surface area contributed by atoms with Gasteiger partial charge < -0.3 is 15.2 Å². The van der Waals surface area contributed by atoms with Crippen LogP contribution < -0.4 is 15.2 Å². The highest BCUT2D eigenvalue weighted by atomic mass is 16.7. The highest BCUT2D eigenvalue weighted by molar-refractivity contribution is 5.87. The van der Waals surface area contributed by atoms with Crippen LogP contribution >= 0.6 is 0 Å². The molecule has 0 unspecified atom stereocenters. The van der Waals surface area contributed by atoms with E-state index in [4.69, 9.17) is 15.2 Å². The predicted octanol–water partition coefficient (Wildman–Crippen LogP) is 2.29. The van der Waals surface area contributed by atoms with Crippen LogP contribution in [0.15, 0.2) is 43.5 Å². The maximum Gasteiger partial charge on any atom is 0.231 e. The third-order valence-corrected chi connectivity index (χ3v) is 3.38. The molecule has 1 amide bonds. The van der Waals surface area contributed by atoms with E-state index in [1.165, 1.54) is 0 Å². The molecular weight excluding hydrogens is 242 g/mol. The van der Waals surface area contributed by atoms with Crippen molar-refractivity contribution in [3.8, 4) is 11.5 Å². The number of hydrogen-bond donors (Lipinski definition) is 1. The molecule has 0 atom stereocenters. The zero-order valence-electron chi connectivity index (χ0n) is 10.7. The topological polar surface area (TPSA) is 61.6 Å². The lowest BCUT2D eigenvalue weighted by molar-refractivity contribution is -0.123. The number of nitrogens with two attached hydrogens (primary N) is 1. The number of benzene rings is 1. The van der Waals surface area contributed by atoms with Gasteiger partial charge >= 0.3 is 0 Å². The number of rotatable bonds is 6. The summed E-state index contributed by atoms with van der Waals surface area (Å²) in [4.78, 5) is 12.0. The predicted molar refractivity (Wildman–Crippen MR) is 73.1 cm³/mol. The molecule has 0 radical (unpaired) electrons. The third-order valence-electron chi connectivity index (χ3n) is 3.38. The van der Waals surface area contributed by atoms with Crippen molar-refractivity contribution in [1.82, 2.24) is 0 Å². The first-order chi connectivity index (χ1) is 9.14. The van der Waals surface area contributed by atoms with Crippen LogP contribution in [-0.4, -0.2) is 12.7 Å². The lowest BCUT2D eigenvalue weighted by atomic mass is 9.74. The van der Waals surface area contributed by atoms with Crippen molar-refractivity contribution >= 4 is 5.91 Å². The number of ether oxygens (including phenoxy) is 2. The summed E-state index contributed by atoms with van der Waals surface area (Å²) in [6, 6.07) is 5.44. The molecule has 4 heteroatoms. The summed E-state index contributed by atoms with van der Waals surface area (Å²) in [5, 5.41) is 0. The number of hydrogen-bond acceptors (Lipinski definition) is 3. The van der Waals surface area contributed by atoms with Crippen LogP contribution in [0.25, 0.3) is 0 Å². The first-order valence-corrected chi connectivity index (χ1v) is 6.06. The summed E-state index contributed by atoms with van der Waals surface area (Å²) < 4.78 is 10.6. The molecule has 1 aliphatic heterocycles. The second-order valence-electron chi connectivity index (χ2n) is 4.50. The lowest BCUT2D eigenvalue weighted by Crippen LogP contribution is -2.40. The van der Waals surface area contributed by atoms with E-state index in [-0.39, 0.29) is 6.79 Å². The summed E-state index contributed by atoms with van der Waals surface area (Å²) in [7, 11) is 0. The van der Waals surface area contributed by atoms with Gasteiger partial charge in [-0.3, -0.25) is 4.79 Å². The molecular formula is C15H17NO3. The Bertz CT molecular complexity index is 512. The van der Waals surface area contributed by atoms with E-state index < -0.39 is 11.3 Å². The van der Waals surface area contributed by atoms with Crippen molar-refractivity contribution in [1.29, 1.82) is 0 Å². The molecule has 0 saturated heterocycles. The van der Waals surface area contributed by atoms with E-state index in [0.29, 0.717) is 24.3 Å². The molecule has 19 heavy (non-hydrogen) atoms. The van der Waals surface area contributed by atoms with Crippen molar-refractivity contribution in [2.24, 2.45) is 5.73 Å². The smallest absolute Gasteiger partial charge is 0.231 e. The van der Waals surface area contributed by atoms with Crippen LogP contribution in [0, 0.1) is 0 Å². The van der Waals surface area contributed by atoms with Crippen molar-refractivity contribution in [3.05, 3.63) is 49.1 Å². The van der Waals surface area contributed by atoms with Gasteiger partial charge in [0.05, 0.1) is 5.41 Å². The molecule has 0 aliphatic carbocycles. The van der Waals surface area contributed by atoms with Gasteiger partial charge in [0.15, 0.2) is 11.5 Å². The molecule has 4 nitrogen and oxygen atoms in total. The van der Waals surface area contributed by atoms with Crippen LogP contribution in [-0.2, 0) is 10.2 Å². The molecule has 1 aliphatic rings. The molecule has 1 aromatic rings. The first kappa shape index (κ1) is 13.2. The number of fused-ring (bicyclic) bond motifs is 1. The van der Waals surface area contributed by atoms with E-state index in [2.05, 4.69) is 13.2 Å². The summed E-state index contributed by atoms with van der Waals surface area (Å²) in [6.45, 7) is 7.62. The van der Waals surface area contributed by atoms with Crippen molar-refractivity contribution in [3.63, 3.8) is 0 Å². The summed E-state index contributed by atoms with van der Waals surface area (Å²) >= 11 is 0. The maximum atomic E-state index is 12.0. The highest BCUT2D eigenvalue weighted by Crippen LogP contribution is 2.39. The van der Waals surface area contributed by atoms with Gasteiger partial charge in [0, 0.05) is 0 Å². The number of carbonyl (C=O) groups is 1. The Morgan fingerprint density at radius 1 is 1.26 bits per heavy atom. The largest absolute Gasteiger partial charge is 0.454 e. The lowest BCUT2D eigenvalue weighted by Gasteiger charge is -2.29. The van der Waals surface area contributed by atoms with Crippen LogP contribution in [0.4, 0.5) is 0 Å².